The van der Waals surface area contributed by atoms with E-state index in [-0.39, 0.29) is 17.3 Å². The van der Waals surface area contributed by atoms with Crippen LogP contribution in [0.4, 0.5) is 5.69 Å². The van der Waals surface area contributed by atoms with Crippen LogP contribution in [0.1, 0.15) is 10.4 Å². The van der Waals surface area contributed by atoms with Crippen LogP contribution >= 0.6 is 0 Å². The maximum absolute atomic E-state index is 12.3. The van der Waals surface area contributed by atoms with Gasteiger partial charge in [0.1, 0.15) is 0 Å². The molecule has 3 aromatic rings. The Labute approximate surface area is 157 Å². The second-order valence-corrected chi connectivity index (χ2v) is 8.11. The molecule has 0 aliphatic heterocycles. The molecular weight excluding hydrogens is 364 g/mol. The summed E-state index contributed by atoms with van der Waals surface area (Å²) >= 11 is 0. The number of carbonyl (C=O) groups excluding carboxylic acids is 2. The van der Waals surface area contributed by atoms with Crippen molar-refractivity contribution in [2.45, 2.75) is 4.90 Å². The highest BCUT2D eigenvalue weighted by atomic mass is 32.2. The predicted octanol–water partition coefficient (Wildman–Crippen LogP) is 2.61. The normalized spacial score (nSPS) is 11.1. The fourth-order valence-corrected chi connectivity index (χ4v) is 3.27. The smallest absolute Gasteiger partial charge is 0.251 e. The van der Waals surface area contributed by atoms with Crippen LogP contribution in [0, 0.1) is 0 Å². The van der Waals surface area contributed by atoms with Gasteiger partial charge in [-0.2, -0.15) is 0 Å². The van der Waals surface area contributed by atoms with Gasteiger partial charge in [-0.15, -0.1) is 0 Å². The van der Waals surface area contributed by atoms with Crippen molar-refractivity contribution in [1.82, 2.24) is 5.32 Å². The number of hydrogen-bond donors (Lipinski definition) is 2. The molecule has 138 valence electrons. The van der Waals surface area contributed by atoms with Crippen LogP contribution in [0.3, 0.4) is 0 Å². The van der Waals surface area contributed by atoms with Crippen LogP contribution in [0.15, 0.2) is 71.6 Å². The molecule has 2 N–H and O–H groups in total. The Bertz CT molecular complexity index is 1120. The molecule has 0 radical (unpaired) electrons. The molecule has 6 nitrogen and oxygen atoms in total. The van der Waals surface area contributed by atoms with Gasteiger partial charge in [0.2, 0.25) is 5.91 Å². The molecular formula is C20H18N2O4S. The van der Waals surface area contributed by atoms with Gasteiger partial charge in [-0.05, 0) is 41.1 Å². The Balaban J connectivity index is 1.62. The predicted molar refractivity (Wildman–Crippen MR) is 104 cm³/mol. The van der Waals surface area contributed by atoms with Crippen LogP contribution in [0.2, 0.25) is 0 Å². The van der Waals surface area contributed by atoms with E-state index in [0.717, 1.165) is 17.0 Å². The Kier molecular flexibility index (Phi) is 5.23. The number of fused-ring (bicyclic) bond motifs is 1. The molecule has 0 saturated carbocycles. The third-order valence-electron chi connectivity index (χ3n) is 3.97. The number of anilines is 1. The zero-order valence-electron chi connectivity index (χ0n) is 14.6. The van der Waals surface area contributed by atoms with Gasteiger partial charge < -0.3 is 10.6 Å². The van der Waals surface area contributed by atoms with Crippen molar-refractivity contribution in [2.24, 2.45) is 0 Å². The number of hydrogen-bond acceptors (Lipinski definition) is 4. The topological polar surface area (TPSA) is 92.3 Å². The van der Waals surface area contributed by atoms with Crippen molar-refractivity contribution in [3.8, 4) is 0 Å². The second kappa shape index (κ2) is 7.59. The minimum Gasteiger partial charge on any atom is -0.343 e. The number of sulfone groups is 1. The molecule has 0 fully saturated rings. The lowest BCUT2D eigenvalue weighted by molar-refractivity contribution is -0.115. The number of amides is 2. The highest BCUT2D eigenvalue weighted by Crippen LogP contribution is 2.16. The first-order chi connectivity index (χ1) is 12.8. The van der Waals surface area contributed by atoms with Gasteiger partial charge in [0, 0.05) is 17.5 Å². The van der Waals surface area contributed by atoms with Crippen molar-refractivity contribution in [2.75, 3.05) is 18.1 Å². The summed E-state index contributed by atoms with van der Waals surface area (Å²) in [6, 6.07) is 18.9. The summed E-state index contributed by atoms with van der Waals surface area (Å²) in [5, 5.41) is 7.09. The highest BCUT2D eigenvalue weighted by Gasteiger charge is 2.11. The first kappa shape index (κ1) is 18.6. The van der Waals surface area contributed by atoms with E-state index >= 15 is 0 Å². The van der Waals surface area contributed by atoms with Crippen molar-refractivity contribution in [3.05, 3.63) is 72.3 Å². The molecule has 0 aliphatic carbocycles. The summed E-state index contributed by atoms with van der Waals surface area (Å²) in [5.41, 5.74) is 0.809. The van der Waals surface area contributed by atoms with E-state index in [1.807, 2.05) is 30.3 Å². The first-order valence-corrected chi connectivity index (χ1v) is 10.1. The van der Waals surface area contributed by atoms with Gasteiger partial charge in [-0.1, -0.05) is 36.4 Å². The van der Waals surface area contributed by atoms with Gasteiger partial charge in [-0.3, -0.25) is 9.59 Å². The standard InChI is InChI=1S/C20H18N2O4S/c1-27(25,26)18-8-4-7-17(12-18)22-19(23)13-21-20(24)16-10-9-14-5-2-3-6-15(14)11-16/h2-12H,13H2,1H3,(H,21,24)(H,22,23). The van der Waals surface area contributed by atoms with Crippen LogP contribution < -0.4 is 10.6 Å². The van der Waals surface area contributed by atoms with Crippen LogP contribution in [0.5, 0.6) is 0 Å². The van der Waals surface area contributed by atoms with Crippen molar-refractivity contribution >= 4 is 38.1 Å². The Hall–Kier alpha value is -3.19. The summed E-state index contributed by atoms with van der Waals surface area (Å²) < 4.78 is 23.1. The van der Waals surface area contributed by atoms with Crippen molar-refractivity contribution < 1.29 is 18.0 Å². The monoisotopic (exact) mass is 382 g/mol. The molecule has 0 spiro atoms. The summed E-state index contributed by atoms with van der Waals surface area (Å²) in [4.78, 5) is 24.4. The van der Waals surface area contributed by atoms with E-state index in [0.29, 0.717) is 11.3 Å². The lowest BCUT2D eigenvalue weighted by atomic mass is 10.1. The summed E-state index contributed by atoms with van der Waals surface area (Å²) in [6.07, 6.45) is 1.09. The Morgan fingerprint density at radius 1 is 0.889 bits per heavy atom. The van der Waals surface area contributed by atoms with Gasteiger partial charge in [0.25, 0.3) is 5.91 Å². The van der Waals surface area contributed by atoms with E-state index in [1.54, 1.807) is 24.3 Å². The largest absolute Gasteiger partial charge is 0.343 e. The third kappa shape index (κ3) is 4.71. The Morgan fingerprint density at radius 2 is 1.63 bits per heavy atom. The fourth-order valence-electron chi connectivity index (χ4n) is 2.60. The maximum Gasteiger partial charge on any atom is 0.251 e. The van der Waals surface area contributed by atoms with E-state index in [9.17, 15) is 18.0 Å². The molecule has 0 saturated heterocycles. The quantitative estimate of drug-likeness (QED) is 0.709. The molecule has 0 aliphatic rings. The number of carbonyl (C=O) groups is 2. The Morgan fingerprint density at radius 3 is 2.37 bits per heavy atom. The zero-order valence-corrected chi connectivity index (χ0v) is 15.4. The SMILES string of the molecule is CS(=O)(=O)c1cccc(NC(=O)CNC(=O)c2ccc3ccccc3c2)c1. The van der Waals surface area contributed by atoms with E-state index in [2.05, 4.69) is 10.6 Å². The van der Waals surface area contributed by atoms with Gasteiger partial charge in [0.15, 0.2) is 9.84 Å². The molecule has 2 amide bonds. The highest BCUT2D eigenvalue weighted by molar-refractivity contribution is 7.90. The van der Waals surface area contributed by atoms with Gasteiger partial charge >= 0.3 is 0 Å². The molecule has 0 aromatic heterocycles. The average molecular weight is 382 g/mol. The molecule has 3 rings (SSSR count). The number of nitrogens with one attached hydrogen (secondary N) is 2. The lowest BCUT2D eigenvalue weighted by Gasteiger charge is -2.08. The first-order valence-electron chi connectivity index (χ1n) is 8.20. The minimum absolute atomic E-state index is 0.112. The van der Waals surface area contributed by atoms with E-state index in [4.69, 9.17) is 0 Å². The molecule has 7 heteroatoms. The second-order valence-electron chi connectivity index (χ2n) is 6.09. The molecule has 27 heavy (non-hydrogen) atoms. The van der Waals surface area contributed by atoms with E-state index < -0.39 is 15.7 Å². The van der Waals surface area contributed by atoms with Crippen molar-refractivity contribution in [1.29, 1.82) is 0 Å². The third-order valence-corrected chi connectivity index (χ3v) is 5.08. The molecule has 0 unspecified atom stereocenters. The minimum atomic E-state index is -3.36. The summed E-state index contributed by atoms with van der Waals surface area (Å²) in [6.45, 7) is -0.227. The molecule has 0 heterocycles. The summed E-state index contributed by atoms with van der Waals surface area (Å²) in [7, 11) is -3.36. The number of benzene rings is 3. The molecule has 3 aromatic carbocycles. The molecule has 0 atom stereocenters. The van der Waals surface area contributed by atoms with Crippen molar-refractivity contribution in [3.63, 3.8) is 0 Å². The fraction of sp³-hybridized carbons (Fsp3) is 0.100. The lowest BCUT2D eigenvalue weighted by Crippen LogP contribution is -2.32. The summed E-state index contributed by atoms with van der Waals surface area (Å²) in [5.74, 6) is -0.810. The van der Waals surface area contributed by atoms with Gasteiger partial charge in [0.05, 0.1) is 11.4 Å². The van der Waals surface area contributed by atoms with E-state index in [1.165, 1.54) is 12.1 Å². The van der Waals surface area contributed by atoms with Crippen LogP contribution in [0.25, 0.3) is 10.8 Å². The number of rotatable bonds is 5. The maximum atomic E-state index is 12.3. The van der Waals surface area contributed by atoms with Crippen LogP contribution in [-0.4, -0.2) is 33.0 Å². The zero-order chi connectivity index (χ0) is 19.4. The van der Waals surface area contributed by atoms with Gasteiger partial charge in [-0.25, -0.2) is 8.42 Å². The average Bonchev–Trinajstić information content (AvgIpc) is 2.65. The van der Waals surface area contributed by atoms with Crippen LogP contribution in [-0.2, 0) is 14.6 Å². The molecule has 0 bridgehead atoms.